The molecule has 1 unspecified atom stereocenters. The monoisotopic (exact) mass is 350 g/mol. The van der Waals surface area contributed by atoms with Crippen molar-refractivity contribution < 1.29 is 13.2 Å². The molecule has 0 bridgehead atoms. The van der Waals surface area contributed by atoms with Gasteiger partial charge in [-0.15, -0.1) is 0 Å². The van der Waals surface area contributed by atoms with Gasteiger partial charge in [-0.1, -0.05) is 58.4 Å². The van der Waals surface area contributed by atoms with Gasteiger partial charge in [0.05, 0.1) is 4.83 Å². The van der Waals surface area contributed by atoms with Crippen LogP contribution in [-0.2, 0) is 0 Å². The van der Waals surface area contributed by atoms with Crippen LogP contribution in [0.2, 0.25) is 0 Å². The Morgan fingerprint density at radius 1 is 0.667 bits per heavy atom. The molecule has 1 atom stereocenters. The van der Waals surface area contributed by atoms with E-state index in [2.05, 4.69) is 15.9 Å². The van der Waals surface area contributed by atoms with Crippen LogP contribution in [0.25, 0.3) is 10.8 Å². The van der Waals surface area contributed by atoms with Crippen LogP contribution in [0.5, 0.6) is 0 Å². The quantitative estimate of drug-likeness (QED) is 0.517. The molecule has 0 amide bonds. The minimum atomic E-state index is -0.900. The maximum Gasteiger partial charge on any atom is 0.163 e. The maximum absolute atomic E-state index is 13.9. The molecule has 0 saturated heterocycles. The van der Waals surface area contributed by atoms with Gasteiger partial charge >= 0.3 is 0 Å². The first kappa shape index (κ1) is 14.1. The van der Waals surface area contributed by atoms with Crippen molar-refractivity contribution in [3.05, 3.63) is 83.2 Å². The van der Waals surface area contributed by atoms with Crippen molar-refractivity contribution in [1.82, 2.24) is 0 Å². The molecule has 0 fully saturated rings. The predicted molar refractivity (Wildman–Crippen MR) is 81.0 cm³/mol. The summed E-state index contributed by atoms with van der Waals surface area (Å²) in [6.45, 7) is 0. The van der Waals surface area contributed by atoms with Crippen LogP contribution in [0.15, 0.2) is 54.6 Å². The van der Waals surface area contributed by atoms with Gasteiger partial charge in [-0.3, -0.25) is 0 Å². The first-order valence-electron chi connectivity index (χ1n) is 6.34. The Balaban J connectivity index is 2.21. The summed E-state index contributed by atoms with van der Waals surface area (Å²) in [6, 6.07) is 13.9. The number of halogens is 4. The lowest BCUT2D eigenvalue weighted by molar-refractivity contribution is 0.500. The highest BCUT2D eigenvalue weighted by molar-refractivity contribution is 9.09. The second kappa shape index (κ2) is 5.53. The number of hydrogen-bond acceptors (Lipinski definition) is 0. The molecule has 0 radical (unpaired) electrons. The zero-order valence-corrected chi connectivity index (χ0v) is 12.4. The Kier molecular flexibility index (Phi) is 3.72. The van der Waals surface area contributed by atoms with Gasteiger partial charge in [0, 0.05) is 10.9 Å². The topological polar surface area (TPSA) is 0 Å². The third kappa shape index (κ3) is 2.44. The molecule has 0 aliphatic carbocycles. The number of rotatable bonds is 2. The van der Waals surface area contributed by atoms with E-state index in [0.717, 1.165) is 6.07 Å². The Morgan fingerprint density at radius 3 is 2.14 bits per heavy atom. The summed E-state index contributed by atoms with van der Waals surface area (Å²) in [5.41, 5.74) is 0.878. The molecular weight excluding hydrogens is 341 g/mol. The number of fused-ring (bicyclic) bond motifs is 1. The molecule has 21 heavy (non-hydrogen) atoms. The number of hydrogen-bond donors (Lipinski definition) is 0. The zero-order valence-electron chi connectivity index (χ0n) is 10.8. The molecule has 0 N–H and O–H groups in total. The molecule has 0 heterocycles. The normalized spacial score (nSPS) is 12.6. The van der Waals surface area contributed by atoms with Gasteiger partial charge in [-0.05, 0) is 23.1 Å². The Hall–Kier alpha value is -1.81. The average molecular weight is 351 g/mol. The van der Waals surface area contributed by atoms with Crippen LogP contribution in [-0.4, -0.2) is 0 Å². The standard InChI is InChI=1S/C17H10BrF3/c18-16(13-6-3-7-15(20)17(13)21)12-8-9-14(19)11-5-2-1-4-10(11)12/h1-9,16H. The van der Waals surface area contributed by atoms with Crippen molar-refractivity contribution in [3.63, 3.8) is 0 Å². The fraction of sp³-hybridized carbons (Fsp3) is 0.0588. The van der Waals surface area contributed by atoms with Crippen LogP contribution >= 0.6 is 15.9 Å². The largest absolute Gasteiger partial charge is 0.206 e. The zero-order chi connectivity index (χ0) is 15.0. The average Bonchev–Trinajstić information content (AvgIpc) is 2.50. The van der Waals surface area contributed by atoms with E-state index < -0.39 is 16.5 Å². The smallest absolute Gasteiger partial charge is 0.163 e. The third-order valence-corrected chi connectivity index (χ3v) is 4.42. The van der Waals surface area contributed by atoms with Crippen molar-refractivity contribution in [1.29, 1.82) is 0 Å². The lowest BCUT2D eigenvalue weighted by Crippen LogP contribution is -2.00. The van der Waals surface area contributed by atoms with Crippen LogP contribution in [0.1, 0.15) is 16.0 Å². The molecular formula is C17H10BrF3. The second-order valence-corrected chi connectivity index (χ2v) is 5.60. The molecule has 3 aromatic rings. The second-order valence-electron chi connectivity index (χ2n) is 4.69. The molecule has 106 valence electrons. The van der Waals surface area contributed by atoms with Gasteiger partial charge in [0.15, 0.2) is 11.6 Å². The van der Waals surface area contributed by atoms with Gasteiger partial charge in [-0.2, -0.15) is 0 Å². The Morgan fingerprint density at radius 2 is 1.38 bits per heavy atom. The highest BCUT2D eigenvalue weighted by Gasteiger charge is 2.20. The third-order valence-electron chi connectivity index (χ3n) is 3.43. The van der Waals surface area contributed by atoms with Crippen LogP contribution < -0.4 is 0 Å². The van der Waals surface area contributed by atoms with Gasteiger partial charge < -0.3 is 0 Å². The molecule has 0 saturated carbocycles. The van der Waals surface area contributed by atoms with E-state index in [4.69, 9.17) is 0 Å². The van der Waals surface area contributed by atoms with Gasteiger partial charge in [0.1, 0.15) is 5.82 Å². The van der Waals surface area contributed by atoms with Crippen molar-refractivity contribution in [2.45, 2.75) is 4.83 Å². The first-order valence-corrected chi connectivity index (χ1v) is 7.26. The highest BCUT2D eigenvalue weighted by Crippen LogP contribution is 2.37. The summed E-state index contributed by atoms with van der Waals surface area (Å²) in [7, 11) is 0. The Bertz CT molecular complexity index is 814. The summed E-state index contributed by atoms with van der Waals surface area (Å²) in [4.78, 5) is -0.557. The summed E-state index contributed by atoms with van der Waals surface area (Å²) in [6.07, 6.45) is 0. The Labute approximate surface area is 128 Å². The van der Waals surface area contributed by atoms with Gasteiger partial charge in [0.2, 0.25) is 0 Å². The van der Waals surface area contributed by atoms with Gasteiger partial charge in [-0.25, -0.2) is 13.2 Å². The van der Waals surface area contributed by atoms with Crippen LogP contribution in [0, 0.1) is 17.5 Å². The van der Waals surface area contributed by atoms with Crippen molar-refractivity contribution in [3.8, 4) is 0 Å². The summed E-state index contributed by atoms with van der Waals surface area (Å²) in [5.74, 6) is -2.13. The van der Waals surface area contributed by atoms with Crippen LogP contribution in [0.4, 0.5) is 13.2 Å². The van der Waals surface area contributed by atoms with E-state index in [9.17, 15) is 13.2 Å². The maximum atomic E-state index is 13.9. The lowest BCUT2D eigenvalue weighted by Gasteiger charge is -2.15. The van der Waals surface area contributed by atoms with Crippen molar-refractivity contribution in [2.24, 2.45) is 0 Å². The predicted octanol–water partition coefficient (Wildman–Crippen LogP) is 5.74. The van der Waals surface area contributed by atoms with E-state index in [1.54, 1.807) is 30.3 Å². The first-order chi connectivity index (χ1) is 10.1. The van der Waals surface area contributed by atoms with E-state index in [0.29, 0.717) is 16.3 Å². The lowest BCUT2D eigenvalue weighted by atomic mass is 9.97. The van der Waals surface area contributed by atoms with E-state index >= 15 is 0 Å². The molecule has 3 aromatic carbocycles. The number of alkyl halides is 1. The summed E-state index contributed by atoms with van der Waals surface area (Å²) in [5, 5.41) is 1.12. The minimum absolute atomic E-state index is 0.187. The molecule has 0 spiro atoms. The number of benzene rings is 3. The van der Waals surface area contributed by atoms with E-state index in [-0.39, 0.29) is 11.4 Å². The molecule has 3 rings (SSSR count). The fourth-order valence-electron chi connectivity index (χ4n) is 2.39. The van der Waals surface area contributed by atoms with Gasteiger partial charge in [0.25, 0.3) is 0 Å². The fourth-order valence-corrected chi connectivity index (χ4v) is 3.14. The highest BCUT2D eigenvalue weighted by atomic mass is 79.9. The van der Waals surface area contributed by atoms with E-state index in [1.807, 2.05) is 0 Å². The molecule has 0 aliphatic heterocycles. The summed E-state index contributed by atoms with van der Waals surface area (Å²) >= 11 is 3.40. The van der Waals surface area contributed by atoms with Crippen LogP contribution in [0.3, 0.4) is 0 Å². The summed E-state index contributed by atoms with van der Waals surface area (Å²) < 4.78 is 41.1. The van der Waals surface area contributed by atoms with Crippen molar-refractivity contribution in [2.75, 3.05) is 0 Å². The van der Waals surface area contributed by atoms with E-state index in [1.165, 1.54) is 18.2 Å². The molecule has 0 aromatic heterocycles. The SMILES string of the molecule is Fc1cccc(C(Br)c2ccc(F)c3ccccc23)c1F. The molecule has 0 nitrogen and oxygen atoms in total. The molecule has 4 heteroatoms. The minimum Gasteiger partial charge on any atom is -0.206 e. The van der Waals surface area contributed by atoms with Crippen molar-refractivity contribution >= 4 is 26.7 Å². The molecule has 0 aliphatic rings.